The molecule has 0 aliphatic rings. The molecule has 5 nitrogen and oxygen atoms in total. The number of fused-ring (bicyclic) bond motifs is 7. The molecule has 10 rings (SSSR count). The first-order chi connectivity index (χ1) is 24.2. The summed E-state index contributed by atoms with van der Waals surface area (Å²) in [7, 11) is 0. The van der Waals surface area contributed by atoms with Crippen molar-refractivity contribution in [3.05, 3.63) is 164 Å². The average Bonchev–Trinajstić information content (AvgIpc) is 3.57. The first-order valence-electron chi connectivity index (χ1n) is 16.4. The van der Waals surface area contributed by atoms with Crippen LogP contribution in [0.15, 0.2) is 164 Å². The van der Waals surface area contributed by atoms with Crippen LogP contribution in [0.25, 0.3) is 94.3 Å². The summed E-state index contributed by atoms with van der Waals surface area (Å²) < 4.78 is 2.13. The Kier molecular flexibility index (Phi) is 6.11. The first kappa shape index (κ1) is 27.4. The van der Waals surface area contributed by atoms with E-state index in [4.69, 9.17) is 19.9 Å². The van der Waals surface area contributed by atoms with Crippen molar-refractivity contribution in [2.24, 2.45) is 0 Å². The second-order valence-electron chi connectivity index (χ2n) is 12.4. The Morgan fingerprint density at radius 3 is 1.78 bits per heavy atom. The molecule has 0 unspecified atom stereocenters. The highest BCUT2D eigenvalue weighted by molar-refractivity contribution is 6.09. The van der Waals surface area contributed by atoms with Crippen molar-refractivity contribution in [1.29, 1.82) is 0 Å². The molecule has 0 atom stereocenters. The zero-order valence-corrected chi connectivity index (χ0v) is 26.3. The molecule has 228 valence electrons. The fourth-order valence-corrected chi connectivity index (χ4v) is 6.93. The lowest BCUT2D eigenvalue weighted by Crippen LogP contribution is -1.97. The lowest BCUT2D eigenvalue weighted by atomic mass is 10.0. The van der Waals surface area contributed by atoms with Crippen molar-refractivity contribution in [2.75, 3.05) is 0 Å². The zero-order chi connectivity index (χ0) is 32.3. The summed E-state index contributed by atoms with van der Waals surface area (Å²) in [5.74, 6) is 0.658. The number of hydrogen-bond acceptors (Lipinski definition) is 4. The third-order valence-corrected chi connectivity index (χ3v) is 9.36. The molecule has 0 aliphatic heterocycles. The summed E-state index contributed by atoms with van der Waals surface area (Å²) in [6.45, 7) is 0. The average molecular weight is 626 g/mol. The van der Waals surface area contributed by atoms with Gasteiger partial charge in [0, 0.05) is 33.8 Å². The van der Waals surface area contributed by atoms with Crippen molar-refractivity contribution in [3.8, 4) is 45.2 Å². The number of imidazole rings is 1. The molecule has 6 aromatic carbocycles. The second-order valence-corrected chi connectivity index (χ2v) is 12.4. The molecule has 0 N–H and O–H groups in total. The van der Waals surface area contributed by atoms with E-state index in [0.29, 0.717) is 5.82 Å². The number of aromatic nitrogens is 5. The molecule has 0 spiro atoms. The molecule has 0 radical (unpaired) electrons. The van der Waals surface area contributed by atoms with Gasteiger partial charge in [-0.1, -0.05) is 115 Å². The van der Waals surface area contributed by atoms with Crippen LogP contribution in [0.5, 0.6) is 0 Å². The van der Waals surface area contributed by atoms with Gasteiger partial charge in [0.15, 0.2) is 5.82 Å². The molecular formula is C44H27N5. The number of para-hydroxylation sites is 1. The van der Waals surface area contributed by atoms with Crippen LogP contribution in [0.3, 0.4) is 0 Å². The summed E-state index contributed by atoms with van der Waals surface area (Å²) in [6.07, 6.45) is 2.06. The molecule has 0 saturated carbocycles. The van der Waals surface area contributed by atoms with Gasteiger partial charge in [-0.2, -0.15) is 0 Å². The quantitative estimate of drug-likeness (QED) is 0.195. The van der Waals surface area contributed by atoms with Gasteiger partial charge in [-0.15, -0.1) is 0 Å². The normalized spacial score (nSPS) is 11.7. The van der Waals surface area contributed by atoms with Gasteiger partial charge in [0.1, 0.15) is 11.2 Å². The first-order valence-corrected chi connectivity index (χ1v) is 16.4. The van der Waals surface area contributed by atoms with E-state index in [9.17, 15) is 0 Å². The molecule has 0 fully saturated rings. The number of rotatable bonds is 4. The Bertz CT molecular complexity index is 2810. The van der Waals surface area contributed by atoms with Crippen LogP contribution in [-0.2, 0) is 0 Å². The van der Waals surface area contributed by atoms with Crippen LogP contribution in [0.4, 0.5) is 0 Å². The second kappa shape index (κ2) is 10.9. The molecule has 4 aromatic heterocycles. The highest BCUT2D eigenvalue weighted by Gasteiger charge is 2.18. The third-order valence-electron chi connectivity index (χ3n) is 9.36. The van der Waals surface area contributed by atoms with Crippen molar-refractivity contribution in [3.63, 3.8) is 0 Å². The fraction of sp³-hybridized carbons (Fsp3) is 0. The van der Waals surface area contributed by atoms with E-state index in [1.807, 2.05) is 30.3 Å². The molecule has 0 amide bonds. The zero-order valence-electron chi connectivity index (χ0n) is 26.3. The summed E-state index contributed by atoms with van der Waals surface area (Å²) in [5, 5.41) is 5.78. The van der Waals surface area contributed by atoms with E-state index >= 15 is 0 Å². The molecule has 5 heteroatoms. The Morgan fingerprint density at radius 2 is 1.04 bits per heavy atom. The van der Waals surface area contributed by atoms with Crippen molar-refractivity contribution in [1.82, 2.24) is 24.3 Å². The minimum Gasteiger partial charge on any atom is -0.298 e. The molecular weight excluding hydrogens is 599 g/mol. The van der Waals surface area contributed by atoms with Crippen LogP contribution in [0.2, 0.25) is 0 Å². The fourth-order valence-electron chi connectivity index (χ4n) is 6.93. The van der Waals surface area contributed by atoms with Gasteiger partial charge >= 0.3 is 0 Å². The molecule has 49 heavy (non-hydrogen) atoms. The summed E-state index contributed by atoms with van der Waals surface area (Å²) in [5.41, 5.74) is 10.3. The Morgan fingerprint density at radius 1 is 0.408 bits per heavy atom. The van der Waals surface area contributed by atoms with Crippen molar-refractivity contribution in [2.45, 2.75) is 0 Å². The third kappa shape index (κ3) is 4.63. The van der Waals surface area contributed by atoms with Gasteiger partial charge < -0.3 is 0 Å². The van der Waals surface area contributed by atoms with Gasteiger partial charge in [0.05, 0.1) is 28.1 Å². The Hall–Kier alpha value is -6.72. The van der Waals surface area contributed by atoms with E-state index in [-0.39, 0.29) is 0 Å². The van der Waals surface area contributed by atoms with Gasteiger partial charge in [0.2, 0.25) is 0 Å². The molecule has 0 aliphatic carbocycles. The summed E-state index contributed by atoms with van der Waals surface area (Å²) in [6, 6.07) is 54.7. The molecule has 0 saturated heterocycles. The maximum Gasteiger partial charge on any atom is 0.160 e. The number of nitrogens with zero attached hydrogens (tertiary/aromatic N) is 5. The lowest BCUT2D eigenvalue weighted by Gasteiger charge is -2.12. The van der Waals surface area contributed by atoms with Crippen LogP contribution >= 0.6 is 0 Å². The maximum absolute atomic E-state index is 5.22. The van der Waals surface area contributed by atoms with Crippen LogP contribution in [-0.4, -0.2) is 24.3 Å². The topological polar surface area (TPSA) is 56.0 Å². The Labute approximate surface area is 281 Å². The lowest BCUT2D eigenvalue weighted by molar-refractivity contribution is 1.18. The number of pyridine rings is 2. The Balaban J connectivity index is 1.19. The maximum atomic E-state index is 5.22. The summed E-state index contributed by atoms with van der Waals surface area (Å²) >= 11 is 0. The number of hydrogen-bond donors (Lipinski definition) is 0. The van der Waals surface area contributed by atoms with Crippen LogP contribution in [0.1, 0.15) is 0 Å². The van der Waals surface area contributed by atoms with E-state index in [1.165, 1.54) is 21.5 Å². The van der Waals surface area contributed by atoms with Gasteiger partial charge in [-0.25, -0.2) is 19.9 Å². The standard InChI is InChI=1S/C44H27N5/c1-3-12-30-24-32(21-19-28(30)10-1)38-27-39(33-22-20-29-11-2-4-13-31(29)25-33)47-44(46-38)35-15-9-14-34(26-35)41-43-42(36-16-5-6-17-37(36)45-41)48-40-18-7-8-23-49(40)43/h1-27H. The number of benzene rings is 6. The van der Waals surface area contributed by atoms with Gasteiger partial charge in [-0.05, 0) is 64.0 Å². The summed E-state index contributed by atoms with van der Waals surface area (Å²) in [4.78, 5) is 20.7. The smallest absolute Gasteiger partial charge is 0.160 e. The predicted molar refractivity (Wildman–Crippen MR) is 200 cm³/mol. The van der Waals surface area contributed by atoms with Gasteiger partial charge in [0.25, 0.3) is 0 Å². The predicted octanol–water partition coefficient (Wildman–Crippen LogP) is 10.8. The van der Waals surface area contributed by atoms with E-state index in [0.717, 1.165) is 66.9 Å². The molecule has 4 heterocycles. The molecule has 0 bridgehead atoms. The molecule has 10 aromatic rings. The van der Waals surface area contributed by atoms with Crippen LogP contribution < -0.4 is 0 Å². The minimum atomic E-state index is 0.658. The van der Waals surface area contributed by atoms with Crippen molar-refractivity contribution < 1.29 is 0 Å². The van der Waals surface area contributed by atoms with E-state index < -0.39 is 0 Å². The SMILES string of the molecule is c1cc(-c2nc(-c3ccc4ccccc4c3)cc(-c3ccc4ccccc4c3)n2)cc(-c2nc3ccccc3c3nc4ccccn4c23)c1. The monoisotopic (exact) mass is 625 g/mol. The van der Waals surface area contributed by atoms with E-state index in [2.05, 4.69) is 138 Å². The highest BCUT2D eigenvalue weighted by Crippen LogP contribution is 2.36. The minimum absolute atomic E-state index is 0.658. The van der Waals surface area contributed by atoms with Crippen LogP contribution in [0, 0.1) is 0 Å². The largest absolute Gasteiger partial charge is 0.298 e. The van der Waals surface area contributed by atoms with E-state index in [1.54, 1.807) is 0 Å². The highest BCUT2D eigenvalue weighted by atomic mass is 15.0. The van der Waals surface area contributed by atoms with Crippen molar-refractivity contribution >= 4 is 49.1 Å². The van der Waals surface area contributed by atoms with Gasteiger partial charge in [-0.3, -0.25) is 4.40 Å².